The lowest BCUT2D eigenvalue weighted by Crippen LogP contribution is -2.03. The van der Waals surface area contributed by atoms with Crippen molar-refractivity contribution in [1.29, 1.82) is 0 Å². The number of carbonyl (C=O) groups is 1. The van der Waals surface area contributed by atoms with Crippen LogP contribution in [0.2, 0.25) is 0 Å². The number of rotatable bonds is 4. The van der Waals surface area contributed by atoms with Gasteiger partial charge in [0.2, 0.25) is 0 Å². The molecule has 1 N–H and O–H groups in total. The van der Waals surface area contributed by atoms with Gasteiger partial charge in [-0.15, -0.1) is 5.10 Å². The van der Waals surface area contributed by atoms with Crippen LogP contribution in [-0.2, 0) is 13.0 Å². The molecular formula is C13H11N3O2S. The zero-order chi connectivity index (χ0) is 13.2. The van der Waals surface area contributed by atoms with Gasteiger partial charge in [-0.1, -0.05) is 5.21 Å². The molecule has 0 unspecified atom stereocenters. The van der Waals surface area contributed by atoms with Gasteiger partial charge in [0, 0.05) is 6.54 Å². The lowest BCUT2D eigenvalue weighted by molar-refractivity contribution is 0.0697. The molecular weight excluding hydrogens is 262 g/mol. The number of benzene rings is 1. The van der Waals surface area contributed by atoms with E-state index in [4.69, 9.17) is 5.11 Å². The van der Waals surface area contributed by atoms with Gasteiger partial charge in [-0.05, 0) is 47.0 Å². The van der Waals surface area contributed by atoms with Crippen molar-refractivity contribution in [2.24, 2.45) is 0 Å². The fourth-order valence-electron chi connectivity index (χ4n) is 1.93. The second-order valence-corrected chi connectivity index (χ2v) is 4.98. The highest BCUT2D eigenvalue weighted by molar-refractivity contribution is 7.07. The van der Waals surface area contributed by atoms with Crippen LogP contribution in [0.25, 0.3) is 11.0 Å². The quantitative estimate of drug-likeness (QED) is 0.792. The van der Waals surface area contributed by atoms with Crippen LogP contribution in [0.15, 0.2) is 35.0 Å². The fraction of sp³-hybridized carbons (Fsp3) is 0.154. The third kappa shape index (κ3) is 2.34. The number of fused-ring (bicyclic) bond motifs is 1. The molecule has 0 saturated carbocycles. The Labute approximate surface area is 113 Å². The fourth-order valence-corrected chi connectivity index (χ4v) is 2.64. The van der Waals surface area contributed by atoms with Crippen LogP contribution in [0.5, 0.6) is 0 Å². The van der Waals surface area contributed by atoms with Gasteiger partial charge in [-0.25, -0.2) is 9.48 Å². The first-order chi connectivity index (χ1) is 9.24. The number of carboxylic acids is 1. The summed E-state index contributed by atoms with van der Waals surface area (Å²) >= 11 is 1.66. The van der Waals surface area contributed by atoms with Gasteiger partial charge in [0.05, 0.1) is 11.1 Å². The maximum Gasteiger partial charge on any atom is 0.335 e. The van der Waals surface area contributed by atoms with Crippen molar-refractivity contribution in [2.45, 2.75) is 13.0 Å². The van der Waals surface area contributed by atoms with E-state index in [2.05, 4.69) is 21.8 Å². The van der Waals surface area contributed by atoms with Crippen LogP contribution in [0.1, 0.15) is 15.9 Å². The molecule has 0 aliphatic heterocycles. The Morgan fingerprint density at radius 1 is 1.37 bits per heavy atom. The second kappa shape index (κ2) is 4.81. The highest BCUT2D eigenvalue weighted by atomic mass is 32.1. The number of hydrogen-bond acceptors (Lipinski definition) is 4. The predicted molar refractivity (Wildman–Crippen MR) is 72.5 cm³/mol. The third-order valence-corrected chi connectivity index (χ3v) is 3.69. The van der Waals surface area contributed by atoms with Crippen molar-refractivity contribution in [3.63, 3.8) is 0 Å². The molecule has 0 aliphatic rings. The Hall–Kier alpha value is -2.21. The van der Waals surface area contributed by atoms with Crippen LogP contribution in [-0.4, -0.2) is 26.1 Å². The number of hydrogen-bond donors (Lipinski definition) is 1. The number of aryl methyl sites for hydroxylation is 2. The smallest absolute Gasteiger partial charge is 0.335 e. The summed E-state index contributed by atoms with van der Waals surface area (Å²) in [6.45, 7) is 0.691. The van der Waals surface area contributed by atoms with Gasteiger partial charge in [0.1, 0.15) is 5.52 Å². The minimum absolute atomic E-state index is 0.256. The molecule has 0 aliphatic carbocycles. The number of aromatic nitrogens is 3. The summed E-state index contributed by atoms with van der Waals surface area (Å²) in [6, 6.07) is 6.92. The molecule has 0 saturated heterocycles. The molecule has 0 radical (unpaired) electrons. The Bertz CT molecular complexity index is 719. The van der Waals surface area contributed by atoms with Crippen LogP contribution in [0.4, 0.5) is 0 Å². The average Bonchev–Trinajstić information content (AvgIpc) is 3.05. The first-order valence-corrected chi connectivity index (χ1v) is 6.76. The summed E-state index contributed by atoms with van der Waals surface area (Å²) in [5, 5.41) is 21.3. The maximum absolute atomic E-state index is 11.0. The van der Waals surface area contributed by atoms with E-state index in [1.807, 2.05) is 5.38 Å². The highest BCUT2D eigenvalue weighted by Gasteiger charge is 2.09. The Morgan fingerprint density at radius 2 is 2.26 bits per heavy atom. The number of nitrogens with zero attached hydrogens (tertiary/aromatic N) is 3. The topological polar surface area (TPSA) is 68.0 Å². The summed E-state index contributed by atoms with van der Waals surface area (Å²) in [6.07, 6.45) is 0.860. The van der Waals surface area contributed by atoms with Crippen molar-refractivity contribution in [1.82, 2.24) is 15.0 Å². The Balaban J connectivity index is 1.90. The molecule has 2 aromatic heterocycles. The molecule has 0 bridgehead atoms. The summed E-state index contributed by atoms with van der Waals surface area (Å²) in [7, 11) is 0. The first-order valence-electron chi connectivity index (χ1n) is 5.81. The minimum Gasteiger partial charge on any atom is -0.478 e. The molecule has 6 heteroatoms. The van der Waals surface area contributed by atoms with E-state index >= 15 is 0 Å². The highest BCUT2D eigenvalue weighted by Crippen LogP contribution is 2.15. The van der Waals surface area contributed by atoms with Gasteiger partial charge < -0.3 is 5.11 Å². The lowest BCUT2D eigenvalue weighted by Gasteiger charge is -2.01. The molecule has 3 rings (SSSR count). The molecule has 0 fully saturated rings. The van der Waals surface area contributed by atoms with Gasteiger partial charge >= 0.3 is 5.97 Å². The number of carboxylic acid groups (broad SMARTS) is 1. The van der Waals surface area contributed by atoms with Gasteiger partial charge in [0.15, 0.2) is 0 Å². The summed E-state index contributed by atoms with van der Waals surface area (Å²) < 4.78 is 1.75. The van der Waals surface area contributed by atoms with Gasteiger partial charge in [-0.2, -0.15) is 11.3 Å². The van der Waals surface area contributed by atoms with Crippen LogP contribution < -0.4 is 0 Å². The van der Waals surface area contributed by atoms with Gasteiger partial charge in [0.25, 0.3) is 0 Å². The average molecular weight is 273 g/mol. The largest absolute Gasteiger partial charge is 0.478 e. The summed E-state index contributed by atoms with van der Waals surface area (Å²) in [5.74, 6) is -0.938. The summed E-state index contributed by atoms with van der Waals surface area (Å²) in [4.78, 5) is 11.0. The Kier molecular flexibility index (Phi) is 3.00. The van der Waals surface area contributed by atoms with Gasteiger partial charge in [-0.3, -0.25) is 0 Å². The van der Waals surface area contributed by atoms with E-state index in [1.165, 1.54) is 5.56 Å². The van der Waals surface area contributed by atoms with Crippen molar-refractivity contribution < 1.29 is 9.90 Å². The van der Waals surface area contributed by atoms with E-state index in [9.17, 15) is 4.79 Å². The molecule has 5 nitrogen and oxygen atoms in total. The monoisotopic (exact) mass is 273 g/mol. The molecule has 3 aromatic rings. The van der Waals surface area contributed by atoms with Crippen molar-refractivity contribution in [3.05, 3.63) is 46.2 Å². The van der Waals surface area contributed by atoms with E-state index in [0.29, 0.717) is 6.54 Å². The SMILES string of the molecule is O=C(O)c1ccc2nnn(CCc3ccsc3)c2c1. The van der Waals surface area contributed by atoms with E-state index in [0.717, 1.165) is 17.5 Å². The zero-order valence-electron chi connectivity index (χ0n) is 9.98. The van der Waals surface area contributed by atoms with Crippen molar-refractivity contribution >= 4 is 28.3 Å². The molecule has 0 amide bonds. The van der Waals surface area contributed by atoms with E-state index in [-0.39, 0.29) is 5.56 Å². The maximum atomic E-state index is 11.0. The minimum atomic E-state index is -0.938. The molecule has 19 heavy (non-hydrogen) atoms. The van der Waals surface area contributed by atoms with Crippen molar-refractivity contribution in [3.8, 4) is 0 Å². The van der Waals surface area contributed by atoms with Crippen molar-refractivity contribution in [2.75, 3.05) is 0 Å². The molecule has 0 spiro atoms. The normalized spacial score (nSPS) is 10.9. The predicted octanol–water partition coefficient (Wildman–Crippen LogP) is 2.43. The van der Waals surface area contributed by atoms with Crippen LogP contribution in [0.3, 0.4) is 0 Å². The first kappa shape index (κ1) is 11.9. The zero-order valence-corrected chi connectivity index (χ0v) is 10.8. The van der Waals surface area contributed by atoms with E-state index < -0.39 is 5.97 Å². The molecule has 2 heterocycles. The summed E-state index contributed by atoms with van der Waals surface area (Å²) in [5.41, 5.74) is 2.99. The number of aromatic carboxylic acids is 1. The van der Waals surface area contributed by atoms with Crippen LogP contribution >= 0.6 is 11.3 Å². The number of thiophene rings is 1. The van der Waals surface area contributed by atoms with E-state index in [1.54, 1.807) is 34.2 Å². The standard InChI is InChI=1S/C13H11N3O2S/c17-13(18)10-1-2-11-12(7-10)16(15-14-11)5-3-9-4-6-19-8-9/h1-2,4,6-8H,3,5H2,(H,17,18). The Morgan fingerprint density at radius 3 is 3.00 bits per heavy atom. The molecule has 0 atom stereocenters. The lowest BCUT2D eigenvalue weighted by atomic mass is 10.2. The second-order valence-electron chi connectivity index (χ2n) is 4.20. The third-order valence-electron chi connectivity index (χ3n) is 2.95. The molecule has 96 valence electrons. The van der Waals surface area contributed by atoms with Crippen LogP contribution in [0, 0.1) is 0 Å². The molecule has 1 aromatic carbocycles.